The number of amidine groups is 1. The number of thiophene rings is 1. The van der Waals surface area contributed by atoms with Crippen LogP contribution >= 0.6 is 11.3 Å². The molecule has 4 rings (SSSR count). The Balaban J connectivity index is 1.96. The molecule has 2 aromatic heterocycles. The standard InChI is InChI=1S/C22H23N5O5S2/c1-22(2,3)9-10-27-21(30)15(18(28)17(25-27)13-7-5-11-33-13)20-24-16-12(19(23)29)6-4-8-14(16)34(31,32)26-20/h4-8,11,28H,9-10H2,1-3H3,(H2,23,29)(H,24,26). The number of fused-ring (bicyclic) bond motifs is 1. The van der Waals surface area contributed by atoms with Gasteiger partial charge in [-0.3, -0.25) is 9.59 Å². The minimum absolute atomic E-state index is 0.0893. The number of aryl methyl sites for hydroxylation is 1. The molecule has 12 heteroatoms. The third-order valence-electron chi connectivity index (χ3n) is 5.22. The summed E-state index contributed by atoms with van der Waals surface area (Å²) in [4.78, 5) is 25.7. The largest absolute Gasteiger partial charge is 0.505 e. The van der Waals surface area contributed by atoms with Gasteiger partial charge in [-0.2, -0.15) is 13.5 Å². The summed E-state index contributed by atoms with van der Waals surface area (Å²) in [6.45, 7) is 6.28. The number of aromatic nitrogens is 2. The maximum atomic E-state index is 13.4. The summed E-state index contributed by atoms with van der Waals surface area (Å²) < 4.78 is 30.8. The summed E-state index contributed by atoms with van der Waals surface area (Å²) in [6, 6.07) is 7.49. The number of nitrogens with one attached hydrogen (secondary N) is 1. The van der Waals surface area contributed by atoms with E-state index < -0.39 is 33.1 Å². The van der Waals surface area contributed by atoms with Crippen LogP contribution in [0.15, 0.2) is 49.8 Å². The third kappa shape index (κ3) is 4.33. The molecule has 0 bridgehead atoms. The van der Waals surface area contributed by atoms with Crippen molar-refractivity contribution < 1.29 is 18.3 Å². The first-order valence-corrected chi connectivity index (χ1v) is 12.6. The predicted molar refractivity (Wildman–Crippen MR) is 130 cm³/mol. The van der Waals surface area contributed by atoms with Gasteiger partial charge in [0, 0.05) is 6.54 Å². The van der Waals surface area contributed by atoms with Crippen LogP contribution in [0.3, 0.4) is 0 Å². The first-order valence-electron chi connectivity index (χ1n) is 10.3. The maximum absolute atomic E-state index is 13.4. The van der Waals surface area contributed by atoms with E-state index in [0.29, 0.717) is 11.3 Å². The van der Waals surface area contributed by atoms with Gasteiger partial charge >= 0.3 is 0 Å². The van der Waals surface area contributed by atoms with Gasteiger partial charge in [-0.1, -0.05) is 32.9 Å². The second-order valence-corrected chi connectivity index (χ2v) is 11.5. The molecule has 0 aliphatic carbocycles. The molecule has 1 aromatic carbocycles. The second kappa shape index (κ2) is 8.37. The van der Waals surface area contributed by atoms with Crippen molar-refractivity contribution in [3.63, 3.8) is 0 Å². The molecule has 3 heterocycles. The quantitative estimate of drug-likeness (QED) is 0.485. The average Bonchev–Trinajstić information content (AvgIpc) is 3.26. The lowest BCUT2D eigenvalue weighted by Gasteiger charge is -2.22. The highest BCUT2D eigenvalue weighted by Gasteiger charge is 2.33. The number of primary amides is 1. The highest BCUT2D eigenvalue weighted by atomic mass is 32.2. The Hall–Kier alpha value is -3.51. The first kappa shape index (κ1) is 23.6. The summed E-state index contributed by atoms with van der Waals surface area (Å²) >= 11 is 1.30. The Morgan fingerprint density at radius 1 is 1.24 bits per heavy atom. The summed E-state index contributed by atoms with van der Waals surface area (Å²) in [6.07, 6.45) is 0.598. The molecule has 1 aliphatic rings. The molecule has 0 saturated carbocycles. The van der Waals surface area contributed by atoms with Gasteiger partial charge in [-0.15, -0.1) is 15.7 Å². The van der Waals surface area contributed by atoms with Gasteiger partial charge in [0.2, 0.25) is 0 Å². The van der Waals surface area contributed by atoms with Crippen LogP contribution in [-0.4, -0.2) is 35.0 Å². The molecule has 178 valence electrons. The smallest absolute Gasteiger partial charge is 0.286 e. The molecule has 0 fully saturated rings. The lowest BCUT2D eigenvalue weighted by atomic mass is 9.92. The van der Waals surface area contributed by atoms with Gasteiger partial charge in [0.05, 0.1) is 16.1 Å². The monoisotopic (exact) mass is 501 g/mol. The van der Waals surface area contributed by atoms with Gasteiger partial charge in [0.25, 0.3) is 21.5 Å². The Morgan fingerprint density at radius 3 is 2.59 bits per heavy atom. The molecular weight excluding hydrogens is 478 g/mol. The van der Waals surface area contributed by atoms with Crippen LogP contribution in [0.2, 0.25) is 0 Å². The Kier molecular flexibility index (Phi) is 5.82. The van der Waals surface area contributed by atoms with E-state index in [-0.39, 0.29) is 39.4 Å². The van der Waals surface area contributed by atoms with Crippen molar-refractivity contribution in [2.75, 3.05) is 5.32 Å². The fourth-order valence-electron chi connectivity index (χ4n) is 3.45. The molecule has 1 aliphatic heterocycles. The number of hydrogen-bond donors (Lipinski definition) is 3. The molecule has 0 saturated heterocycles. The van der Waals surface area contributed by atoms with Gasteiger partial charge < -0.3 is 16.2 Å². The number of carbonyl (C=O) groups excluding carboxylic acids is 1. The fraction of sp³-hybridized carbons (Fsp3) is 0.273. The van der Waals surface area contributed by atoms with E-state index in [1.54, 1.807) is 17.5 Å². The molecule has 4 N–H and O–H groups in total. The minimum atomic E-state index is -4.30. The van der Waals surface area contributed by atoms with E-state index >= 15 is 0 Å². The number of nitrogens with zero attached hydrogens (tertiary/aromatic N) is 3. The van der Waals surface area contributed by atoms with Crippen LogP contribution in [0.4, 0.5) is 5.69 Å². The van der Waals surface area contributed by atoms with Gasteiger partial charge in [-0.05, 0) is 35.4 Å². The number of para-hydroxylation sites is 1. The predicted octanol–water partition coefficient (Wildman–Crippen LogP) is 2.77. The number of hydrogen-bond acceptors (Lipinski definition) is 8. The highest BCUT2D eigenvalue weighted by molar-refractivity contribution is 7.90. The third-order valence-corrected chi connectivity index (χ3v) is 7.42. The molecule has 0 spiro atoms. The van der Waals surface area contributed by atoms with Crippen LogP contribution in [0, 0.1) is 5.41 Å². The molecule has 0 unspecified atom stereocenters. The van der Waals surface area contributed by atoms with Crippen LogP contribution in [0.1, 0.15) is 43.1 Å². The van der Waals surface area contributed by atoms with Crippen LogP contribution < -0.4 is 16.6 Å². The number of rotatable bonds is 5. The number of sulfonamides is 1. The summed E-state index contributed by atoms with van der Waals surface area (Å²) in [7, 11) is -4.30. The van der Waals surface area contributed by atoms with Crippen LogP contribution in [0.25, 0.3) is 10.6 Å². The van der Waals surface area contributed by atoms with Crippen molar-refractivity contribution in [1.29, 1.82) is 0 Å². The number of nitrogens with two attached hydrogens (primary N) is 1. The molecular formula is C22H23N5O5S2. The lowest BCUT2D eigenvalue weighted by Crippen LogP contribution is -2.35. The normalized spacial score (nSPS) is 14.7. The number of amides is 1. The Bertz CT molecular complexity index is 1480. The summed E-state index contributed by atoms with van der Waals surface area (Å²) in [5, 5.41) is 20.0. The zero-order chi connectivity index (χ0) is 24.8. The van der Waals surface area contributed by atoms with E-state index in [1.165, 1.54) is 34.2 Å². The van der Waals surface area contributed by atoms with Crippen LogP contribution in [-0.2, 0) is 16.6 Å². The average molecular weight is 502 g/mol. The van der Waals surface area contributed by atoms with Gasteiger partial charge in [-0.25, -0.2) is 4.68 Å². The van der Waals surface area contributed by atoms with Crippen molar-refractivity contribution in [2.45, 2.75) is 38.6 Å². The molecule has 3 aromatic rings. The molecule has 0 atom stereocenters. The molecule has 34 heavy (non-hydrogen) atoms. The van der Waals surface area contributed by atoms with Crippen molar-refractivity contribution >= 4 is 38.8 Å². The van der Waals surface area contributed by atoms with E-state index in [1.807, 2.05) is 20.8 Å². The number of carbonyl (C=O) groups is 1. The van der Waals surface area contributed by atoms with Gasteiger partial charge in [0.15, 0.2) is 11.6 Å². The zero-order valence-corrected chi connectivity index (χ0v) is 20.3. The van der Waals surface area contributed by atoms with E-state index in [9.17, 15) is 23.1 Å². The van der Waals surface area contributed by atoms with Crippen molar-refractivity contribution in [2.24, 2.45) is 15.5 Å². The molecule has 1 amide bonds. The minimum Gasteiger partial charge on any atom is -0.505 e. The van der Waals surface area contributed by atoms with E-state index in [2.05, 4.69) is 14.8 Å². The summed E-state index contributed by atoms with van der Waals surface area (Å²) in [5.74, 6) is -1.78. The van der Waals surface area contributed by atoms with Gasteiger partial charge in [0.1, 0.15) is 16.2 Å². The first-order chi connectivity index (χ1) is 15.9. The number of anilines is 1. The zero-order valence-electron chi connectivity index (χ0n) is 18.7. The van der Waals surface area contributed by atoms with Crippen LogP contribution in [0.5, 0.6) is 5.75 Å². The van der Waals surface area contributed by atoms with Crippen molar-refractivity contribution in [3.8, 4) is 16.3 Å². The second-order valence-electron chi connectivity index (χ2n) is 8.97. The number of aromatic hydroxyl groups is 1. The molecule has 0 radical (unpaired) electrons. The molecule has 10 nitrogen and oxygen atoms in total. The van der Waals surface area contributed by atoms with Crippen molar-refractivity contribution in [3.05, 3.63) is 57.2 Å². The number of benzene rings is 1. The summed E-state index contributed by atoms with van der Waals surface area (Å²) in [5.41, 5.74) is 4.16. The van der Waals surface area contributed by atoms with E-state index in [0.717, 1.165) is 0 Å². The Labute approximate surface area is 199 Å². The SMILES string of the molecule is CC(C)(C)CCn1nc(-c2cccs2)c(O)c(C2=NS(=O)(=O)c3cccc(C(N)=O)c3N2)c1=O. The van der Waals surface area contributed by atoms with E-state index in [4.69, 9.17) is 5.73 Å². The lowest BCUT2D eigenvalue weighted by molar-refractivity contribution is 0.100. The fourth-order valence-corrected chi connectivity index (χ4v) is 5.30. The topological polar surface area (TPSA) is 157 Å². The highest BCUT2D eigenvalue weighted by Crippen LogP contribution is 2.36. The Morgan fingerprint density at radius 2 is 1.97 bits per heavy atom. The van der Waals surface area contributed by atoms with Crippen molar-refractivity contribution in [1.82, 2.24) is 9.78 Å². The maximum Gasteiger partial charge on any atom is 0.286 e.